The molecule has 1 atom stereocenters. The van der Waals surface area contributed by atoms with Gasteiger partial charge in [0.2, 0.25) is 17.6 Å². The SMILES string of the molecule is CC(NC(=O)CCl)c1nc(-c2ccc(Br)cc2)no1. The summed E-state index contributed by atoms with van der Waals surface area (Å²) in [5, 5.41) is 6.53. The first-order valence-corrected chi connectivity index (χ1v) is 6.88. The number of rotatable bonds is 4. The van der Waals surface area contributed by atoms with Crippen LogP contribution in [0.2, 0.25) is 0 Å². The zero-order valence-corrected chi connectivity index (χ0v) is 12.4. The lowest BCUT2D eigenvalue weighted by atomic mass is 10.2. The molecule has 0 fully saturated rings. The number of alkyl halides is 1. The van der Waals surface area contributed by atoms with Crippen molar-refractivity contribution in [2.45, 2.75) is 13.0 Å². The summed E-state index contributed by atoms with van der Waals surface area (Å²) < 4.78 is 6.10. The second-order valence-corrected chi connectivity index (χ2v) is 5.07. The Labute approximate surface area is 123 Å². The van der Waals surface area contributed by atoms with E-state index in [-0.39, 0.29) is 17.8 Å². The molecule has 1 aromatic carbocycles. The number of aromatic nitrogens is 2. The Morgan fingerprint density at radius 3 is 2.79 bits per heavy atom. The number of hydrogen-bond donors (Lipinski definition) is 1. The highest BCUT2D eigenvalue weighted by Crippen LogP contribution is 2.20. The second kappa shape index (κ2) is 6.16. The summed E-state index contributed by atoms with van der Waals surface area (Å²) in [6.07, 6.45) is 0. The number of benzene rings is 1. The van der Waals surface area contributed by atoms with E-state index in [0.717, 1.165) is 10.0 Å². The van der Waals surface area contributed by atoms with Crippen LogP contribution in [0.5, 0.6) is 0 Å². The quantitative estimate of drug-likeness (QED) is 0.866. The van der Waals surface area contributed by atoms with Gasteiger partial charge < -0.3 is 9.84 Å². The smallest absolute Gasteiger partial charge is 0.249 e. The maximum absolute atomic E-state index is 11.2. The van der Waals surface area contributed by atoms with Crippen LogP contribution >= 0.6 is 27.5 Å². The van der Waals surface area contributed by atoms with Crippen LogP contribution in [-0.4, -0.2) is 21.9 Å². The third-order valence-corrected chi connectivity index (χ3v) is 3.18. The lowest BCUT2D eigenvalue weighted by molar-refractivity contribution is -0.119. The van der Waals surface area contributed by atoms with Gasteiger partial charge in [0.1, 0.15) is 11.9 Å². The van der Waals surface area contributed by atoms with E-state index in [0.29, 0.717) is 11.7 Å². The average molecular weight is 345 g/mol. The fourth-order valence-corrected chi connectivity index (χ4v) is 1.81. The molecule has 1 amide bonds. The van der Waals surface area contributed by atoms with E-state index in [2.05, 4.69) is 31.4 Å². The van der Waals surface area contributed by atoms with E-state index < -0.39 is 0 Å². The molecule has 0 bridgehead atoms. The van der Waals surface area contributed by atoms with Gasteiger partial charge in [-0.3, -0.25) is 4.79 Å². The van der Waals surface area contributed by atoms with Gasteiger partial charge in [0.25, 0.3) is 0 Å². The molecule has 0 saturated heterocycles. The first-order valence-electron chi connectivity index (χ1n) is 5.55. The van der Waals surface area contributed by atoms with E-state index in [1.54, 1.807) is 6.92 Å². The average Bonchev–Trinajstić information content (AvgIpc) is 2.89. The number of halogens is 2. The van der Waals surface area contributed by atoms with Gasteiger partial charge in [-0.1, -0.05) is 21.1 Å². The molecule has 0 spiro atoms. The summed E-state index contributed by atoms with van der Waals surface area (Å²) >= 11 is 8.77. The molecule has 1 N–H and O–H groups in total. The normalized spacial score (nSPS) is 12.2. The Hall–Kier alpha value is -1.40. The van der Waals surface area contributed by atoms with Crippen LogP contribution in [0.4, 0.5) is 0 Å². The van der Waals surface area contributed by atoms with Crippen LogP contribution < -0.4 is 5.32 Å². The number of hydrogen-bond acceptors (Lipinski definition) is 4. The van der Waals surface area contributed by atoms with E-state index in [1.165, 1.54) is 0 Å². The van der Waals surface area contributed by atoms with Gasteiger partial charge in [-0.2, -0.15) is 4.98 Å². The number of carbonyl (C=O) groups excluding carboxylic acids is 1. The Kier molecular flexibility index (Phi) is 4.55. The molecule has 0 aliphatic heterocycles. The molecule has 7 heteroatoms. The highest BCUT2D eigenvalue weighted by atomic mass is 79.9. The van der Waals surface area contributed by atoms with Crippen molar-refractivity contribution in [3.63, 3.8) is 0 Å². The van der Waals surface area contributed by atoms with Crippen LogP contribution in [0.1, 0.15) is 18.9 Å². The van der Waals surface area contributed by atoms with Gasteiger partial charge in [-0.25, -0.2) is 0 Å². The minimum atomic E-state index is -0.372. The van der Waals surface area contributed by atoms with E-state index >= 15 is 0 Å². The minimum Gasteiger partial charge on any atom is -0.344 e. The van der Waals surface area contributed by atoms with Crippen molar-refractivity contribution < 1.29 is 9.32 Å². The third-order valence-electron chi connectivity index (χ3n) is 2.41. The Bertz CT molecular complexity index is 571. The lowest BCUT2D eigenvalue weighted by Crippen LogP contribution is -2.27. The van der Waals surface area contributed by atoms with Crippen molar-refractivity contribution in [2.24, 2.45) is 0 Å². The first kappa shape index (κ1) is 14.0. The number of carbonyl (C=O) groups is 1. The minimum absolute atomic E-state index is 0.0992. The van der Waals surface area contributed by atoms with Crippen LogP contribution in [0, 0.1) is 0 Å². The molecule has 1 heterocycles. The summed E-state index contributed by atoms with van der Waals surface area (Å²) in [5.74, 6) is 0.446. The van der Waals surface area contributed by atoms with Crippen molar-refractivity contribution in [3.05, 3.63) is 34.6 Å². The lowest BCUT2D eigenvalue weighted by Gasteiger charge is -2.06. The van der Waals surface area contributed by atoms with E-state index in [1.807, 2.05) is 24.3 Å². The van der Waals surface area contributed by atoms with Crippen LogP contribution in [-0.2, 0) is 4.79 Å². The molecule has 100 valence electrons. The maximum Gasteiger partial charge on any atom is 0.249 e. The topological polar surface area (TPSA) is 68.0 Å². The molecule has 5 nitrogen and oxygen atoms in total. The predicted octanol–water partition coefficient (Wildman–Crippen LogP) is 2.92. The summed E-state index contributed by atoms with van der Waals surface area (Å²) in [4.78, 5) is 15.4. The van der Waals surface area contributed by atoms with Crippen molar-refractivity contribution in [1.82, 2.24) is 15.5 Å². The molecule has 1 aromatic heterocycles. The zero-order chi connectivity index (χ0) is 13.8. The number of nitrogens with zero attached hydrogens (tertiary/aromatic N) is 2. The highest BCUT2D eigenvalue weighted by Gasteiger charge is 2.16. The van der Waals surface area contributed by atoms with Gasteiger partial charge in [0, 0.05) is 10.0 Å². The fraction of sp³-hybridized carbons (Fsp3) is 0.250. The summed E-state index contributed by atoms with van der Waals surface area (Å²) in [6.45, 7) is 1.75. The summed E-state index contributed by atoms with van der Waals surface area (Å²) in [5.41, 5.74) is 0.842. The van der Waals surface area contributed by atoms with Gasteiger partial charge in [0.05, 0.1) is 0 Å². The van der Waals surface area contributed by atoms with Crippen molar-refractivity contribution in [1.29, 1.82) is 0 Å². The molecular weight excluding hydrogens is 334 g/mol. The molecule has 0 aliphatic carbocycles. The molecule has 1 unspecified atom stereocenters. The van der Waals surface area contributed by atoms with Crippen LogP contribution in [0.3, 0.4) is 0 Å². The Morgan fingerprint density at radius 1 is 1.47 bits per heavy atom. The monoisotopic (exact) mass is 343 g/mol. The highest BCUT2D eigenvalue weighted by molar-refractivity contribution is 9.10. The first-order chi connectivity index (χ1) is 9.10. The van der Waals surface area contributed by atoms with Crippen molar-refractivity contribution in [2.75, 3.05) is 5.88 Å². The molecular formula is C12H11BrClN3O2. The largest absolute Gasteiger partial charge is 0.344 e. The molecule has 0 saturated carbocycles. The van der Waals surface area contributed by atoms with E-state index in [4.69, 9.17) is 16.1 Å². The maximum atomic E-state index is 11.2. The van der Waals surface area contributed by atoms with E-state index in [9.17, 15) is 4.79 Å². The molecule has 0 aliphatic rings. The summed E-state index contributed by atoms with van der Waals surface area (Å²) in [6, 6.07) is 7.17. The van der Waals surface area contributed by atoms with Crippen LogP contribution in [0.15, 0.2) is 33.3 Å². The predicted molar refractivity (Wildman–Crippen MR) is 74.7 cm³/mol. The third kappa shape index (κ3) is 3.54. The molecule has 0 radical (unpaired) electrons. The molecule has 2 rings (SSSR count). The zero-order valence-electron chi connectivity index (χ0n) is 10.1. The molecule has 19 heavy (non-hydrogen) atoms. The van der Waals surface area contributed by atoms with Gasteiger partial charge in [-0.05, 0) is 31.2 Å². The van der Waals surface area contributed by atoms with Gasteiger partial charge in [0.15, 0.2) is 0 Å². The standard InChI is InChI=1S/C12H11BrClN3O2/c1-7(15-10(18)6-14)12-16-11(17-19-12)8-2-4-9(13)5-3-8/h2-5,7H,6H2,1H3,(H,15,18). The van der Waals surface area contributed by atoms with Crippen molar-refractivity contribution >= 4 is 33.4 Å². The van der Waals surface area contributed by atoms with Gasteiger partial charge in [-0.15, -0.1) is 11.6 Å². The van der Waals surface area contributed by atoms with Gasteiger partial charge >= 0.3 is 0 Å². The second-order valence-electron chi connectivity index (χ2n) is 3.89. The summed E-state index contributed by atoms with van der Waals surface area (Å²) in [7, 11) is 0. The fourth-order valence-electron chi connectivity index (χ4n) is 1.47. The van der Waals surface area contributed by atoms with Crippen LogP contribution in [0.25, 0.3) is 11.4 Å². The van der Waals surface area contributed by atoms with Crippen molar-refractivity contribution in [3.8, 4) is 11.4 Å². The number of amides is 1. The Balaban J connectivity index is 2.14. The Morgan fingerprint density at radius 2 is 2.16 bits per heavy atom. The number of nitrogens with one attached hydrogen (secondary N) is 1. The molecule has 2 aromatic rings.